The summed E-state index contributed by atoms with van der Waals surface area (Å²) in [5.41, 5.74) is 0. The summed E-state index contributed by atoms with van der Waals surface area (Å²) >= 11 is 0. The number of rotatable bonds is 3. The van der Waals surface area contributed by atoms with E-state index in [9.17, 15) is 0 Å². The van der Waals surface area contributed by atoms with Crippen LogP contribution in [-0.4, -0.2) is 0 Å². The monoisotopic (exact) mass is 250 g/mol. The number of hydrogen-bond acceptors (Lipinski definition) is 0. The van der Waals surface area contributed by atoms with Gasteiger partial charge in [0.05, 0.1) is 0 Å². The Labute approximate surface area is 96.0 Å². The zero-order chi connectivity index (χ0) is 10.5. The van der Waals surface area contributed by atoms with Crippen LogP contribution >= 0.6 is 24.5 Å². The van der Waals surface area contributed by atoms with Crippen LogP contribution in [0.2, 0.25) is 0 Å². The van der Waals surface area contributed by atoms with Crippen LogP contribution in [0.15, 0.2) is 60.7 Å². The molecule has 0 aliphatic rings. The van der Waals surface area contributed by atoms with Crippen LogP contribution < -0.4 is 10.6 Å². The van der Waals surface area contributed by atoms with E-state index in [1.165, 1.54) is 10.6 Å². The van der Waals surface area contributed by atoms with E-state index in [0.29, 0.717) is 0 Å². The van der Waals surface area contributed by atoms with Crippen molar-refractivity contribution < 1.29 is 0 Å². The number of hydrogen-bond donors (Lipinski definition) is 0. The molecule has 0 aliphatic carbocycles. The van der Waals surface area contributed by atoms with Crippen LogP contribution in [0.3, 0.4) is 0 Å². The van der Waals surface area contributed by atoms with Crippen LogP contribution in [0.1, 0.15) is 0 Å². The third kappa shape index (κ3) is 2.85. The fraction of sp³-hybridized carbons (Fsp3) is 0. The zero-order valence-electron chi connectivity index (χ0n) is 8.30. The third-order valence-corrected chi connectivity index (χ3v) is 8.69. The second kappa shape index (κ2) is 5.72. The van der Waals surface area contributed by atoms with Gasteiger partial charge < -0.3 is 0 Å². The molecular formula is C12H13P3. The molecule has 2 rings (SSSR count). The van der Waals surface area contributed by atoms with Gasteiger partial charge in [-0.2, -0.15) is 0 Å². The fourth-order valence-corrected chi connectivity index (χ4v) is 7.46. The predicted molar refractivity (Wildman–Crippen MR) is 77.1 cm³/mol. The molecule has 0 bridgehead atoms. The molecule has 3 heteroatoms. The van der Waals surface area contributed by atoms with Gasteiger partial charge in [-0.05, 0) is 18.2 Å². The lowest BCUT2D eigenvalue weighted by Crippen LogP contribution is -2.07. The third-order valence-electron chi connectivity index (χ3n) is 2.16. The molecule has 2 unspecified atom stereocenters. The zero-order valence-corrected chi connectivity index (χ0v) is 11.3. The van der Waals surface area contributed by atoms with Crippen LogP contribution in [0.25, 0.3) is 0 Å². The van der Waals surface area contributed by atoms with Crippen molar-refractivity contribution in [1.82, 2.24) is 0 Å². The van der Waals surface area contributed by atoms with Gasteiger partial charge in [0.15, 0.2) is 0 Å². The summed E-state index contributed by atoms with van der Waals surface area (Å²) in [5.74, 6) is 0. The van der Waals surface area contributed by atoms with Gasteiger partial charge in [-0.3, -0.25) is 0 Å². The normalized spacial score (nSPS) is 11.3. The lowest BCUT2D eigenvalue weighted by Gasteiger charge is -2.15. The van der Waals surface area contributed by atoms with Crippen LogP contribution in [0.5, 0.6) is 0 Å². The van der Waals surface area contributed by atoms with Gasteiger partial charge >= 0.3 is 0 Å². The minimum atomic E-state index is -0.158. The van der Waals surface area contributed by atoms with Crippen molar-refractivity contribution in [2.24, 2.45) is 0 Å². The van der Waals surface area contributed by atoms with Crippen molar-refractivity contribution in [1.29, 1.82) is 0 Å². The van der Waals surface area contributed by atoms with E-state index in [-0.39, 0.29) is 7.61 Å². The smallest absolute Gasteiger partial charge is 0.0152 e. The molecule has 0 nitrogen and oxygen atoms in total. The Hall–Kier alpha value is -0.270. The van der Waals surface area contributed by atoms with E-state index >= 15 is 0 Å². The van der Waals surface area contributed by atoms with Crippen LogP contribution in [-0.2, 0) is 0 Å². The maximum atomic E-state index is 2.90. The molecule has 2 aromatic carbocycles. The minimum Gasteiger partial charge on any atom is -0.109 e. The Bertz CT molecular complexity index is 360. The maximum Gasteiger partial charge on any atom is -0.0152 e. The fourth-order valence-electron chi connectivity index (χ4n) is 1.45. The van der Waals surface area contributed by atoms with Crippen molar-refractivity contribution in [3.05, 3.63) is 60.7 Å². The average Bonchev–Trinajstić information content (AvgIpc) is 2.33. The molecular weight excluding hydrogens is 237 g/mol. The Kier molecular flexibility index (Phi) is 4.28. The summed E-state index contributed by atoms with van der Waals surface area (Å²) in [5, 5.41) is 2.93. The number of benzene rings is 2. The van der Waals surface area contributed by atoms with Gasteiger partial charge in [0, 0.05) is 0 Å². The standard InChI is InChI=1S/C12H13P3/c13-14-15(11-7-3-1-4-8-11)12-9-5-2-6-10-12/h1-10,14H,13H2. The largest absolute Gasteiger partial charge is 0.109 e. The predicted octanol–water partition coefficient (Wildman–Crippen LogP) is 3.50. The summed E-state index contributed by atoms with van der Waals surface area (Å²) in [7, 11) is 3.62. The molecule has 76 valence electrons. The van der Waals surface area contributed by atoms with E-state index in [2.05, 4.69) is 69.6 Å². The highest BCUT2D eigenvalue weighted by Crippen LogP contribution is 2.57. The van der Waals surface area contributed by atoms with Crippen LogP contribution in [0.4, 0.5) is 0 Å². The van der Waals surface area contributed by atoms with Gasteiger partial charge in [-0.15, -0.1) is 8.93 Å². The van der Waals surface area contributed by atoms with Gasteiger partial charge in [0.1, 0.15) is 0 Å². The van der Waals surface area contributed by atoms with Gasteiger partial charge in [-0.25, -0.2) is 0 Å². The molecule has 0 aromatic heterocycles. The molecule has 0 spiro atoms. The van der Waals surface area contributed by atoms with E-state index in [1.54, 1.807) is 0 Å². The van der Waals surface area contributed by atoms with Gasteiger partial charge in [-0.1, -0.05) is 68.6 Å². The molecule has 0 aliphatic heterocycles. The summed E-state index contributed by atoms with van der Waals surface area (Å²) < 4.78 is 0. The van der Waals surface area contributed by atoms with E-state index in [0.717, 1.165) is 7.96 Å². The van der Waals surface area contributed by atoms with Crippen molar-refractivity contribution >= 4 is 35.1 Å². The SMILES string of the molecule is PPP(c1ccccc1)c1ccccc1. The Balaban J connectivity index is 2.34. The molecule has 2 aromatic rings. The molecule has 0 saturated heterocycles. The first-order valence-corrected chi connectivity index (χ1v) is 9.77. The molecule has 0 fully saturated rings. The first-order chi connectivity index (χ1) is 7.42. The van der Waals surface area contributed by atoms with E-state index < -0.39 is 0 Å². The molecule has 0 heterocycles. The van der Waals surface area contributed by atoms with E-state index in [4.69, 9.17) is 0 Å². The summed E-state index contributed by atoms with van der Waals surface area (Å²) in [6.45, 7) is 0. The van der Waals surface area contributed by atoms with Crippen LogP contribution in [0, 0.1) is 0 Å². The highest BCUT2D eigenvalue weighted by Gasteiger charge is 2.09. The average molecular weight is 250 g/mol. The lowest BCUT2D eigenvalue weighted by molar-refractivity contribution is 1.76. The highest BCUT2D eigenvalue weighted by atomic mass is 32.4. The van der Waals surface area contributed by atoms with Crippen molar-refractivity contribution in [2.75, 3.05) is 0 Å². The second-order valence-electron chi connectivity index (χ2n) is 3.14. The summed E-state index contributed by atoms with van der Waals surface area (Å²) in [6.07, 6.45) is 0. The molecule has 2 atom stereocenters. The Morgan fingerprint density at radius 2 is 1.13 bits per heavy atom. The highest BCUT2D eigenvalue weighted by molar-refractivity contribution is 8.48. The van der Waals surface area contributed by atoms with Gasteiger partial charge in [0.2, 0.25) is 0 Å². The second-order valence-corrected chi connectivity index (χ2v) is 9.54. The molecule has 0 N–H and O–H groups in total. The maximum absolute atomic E-state index is 2.90. The Morgan fingerprint density at radius 3 is 1.47 bits per heavy atom. The Morgan fingerprint density at radius 1 is 0.733 bits per heavy atom. The topological polar surface area (TPSA) is 0 Å². The first-order valence-electron chi connectivity index (χ1n) is 4.78. The molecule has 0 amide bonds. The summed E-state index contributed by atoms with van der Waals surface area (Å²) in [6, 6.07) is 21.6. The molecule has 0 radical (unpaired) electrons. The summed E-state index contributed by atoms with van der Waals surface area (Å²) in [4.78, 5) is 0. The molecule has 0 saturated carbocycles. The van der Waals surface area contributed by atoms with E-state index in [1.807, 2.05) is 0 Å². The van der Waals surface area contributed by atoms with Crippen molar-refractivity contribution in [2.45, 2.75) is 0 Å². The minimum absolute atomic E-state index is 0.158. The lowest BCUT2D eigenvalue weighted by atomic mass is 10.4. The molecule has 15 heavy (non-hydrogen) atoms. The van der Waals surface area contributed by atoms with Crippen molar-refractivity contribution in [3.63, 3.8) is 0 Å². The van der Waals surface area contributed by atoms with Gasteiger partial charge in [0.25, 0.3) is 0 Å². The quantitative estimate of drug-likeness (QED) is 0.731. The van der Waals surface area contributed by atoms with Crippen molar-refractivity contribution in [3.8, 4) is 0 Å². The first kappa shape index (κ1) is 11.2.